The van der Waals surface area contributed by atoms with Gasteiger partial charge in [0.25, 0.3) is 5.91 Å². The maximum Gasteiger partial charge on any atom is 0.276 e. The molecule has 2 heterocycles. The molecule has 8 heteroatoms. The Hall–Kier alpha value is -2.48. The molecule has 1 aromatic heterocycles. The van der Waals surface area contributed by atoms with Crippen LogP contribution in [-0.2, 0) is 6.61 Å². The minimum absolute atomic E-state index is 0.0343. The first kappa shape index (κ1) is 19.3. The standard InChI is InChI=1S/C19H23F2N3O3/c1-3-23(4-2)13-7-8-24(11-13)19(25)18-10-15(27-22-18)12-26-14-5-6-16(20)17(21)9-14/h5-6,9-10,13H,3-4,7-8,11-12H2,1-2H3. The Morgan fingerprint density at radius 3 is 2.78 bits per heavy atom. The number of ether oxygens (including phenoxy) is 1. The van der Waals surface area contributed by atoms with E-state index in [1.54, 1.807) is 4.90 Å². The average Bonchev–Trinajstić information content (AvgIpc) is 3.33. The lowest BCUT2D eigenvalue weighted by Gasteiger charge is -2.25. The van der Waals surface area contributed by atoms with Crippen LogP contribution in [0.2, 0.25) is 0 Å². The van der Waals surface area contributed by atoms with E-state index < -0.39 is 11.6 Å². The summed E-state index contributed by atoms with van der Waals surface area (Å²) in [7, 11) is 0. The molecular formula is C19H23F2N3O3. The van der Waals surface area contributed by atoms with Crippen molar-refractivity contribution >= 4 is 5.91 Å². The van der Waals surface area contributed by atoms with Crippen molar-refractivity contribution < 1.29 is 22.8 Å². The second-order valence-electron chi connectivity index (χ2n) is 6.46. The Bertz CT molecular complexity index is 792. The summed E-state index contributed by atoms with van der Waals surface area (Å²) < 4.78 is 36.6. The maximum atomic E-state index is 13.2. The summed E-state index contributed by atoms with van der Waals surface area (Å²) in [4.78, 5) is 16.7. The first-order chi connectivity index (χ1) is 13.0. The van der Waals surface area contributed by atoms with Crippen molar-refractivity contribution in [3.05, 3.63) is 47.4 Å². The van der Waals surface area contributed by atoms with Crippen molar-refractivity contribution in [3.63, 3.8) is 0 Å². The topological polar surface area (TPSA) is 58.8 Å². The monoisotopic (exact) mass is 379 g/mol. The van der Waals surface area contributed by atoms with Crippen LogP contribution in [0.25, 0.3) is 0 Å². The first-order valence-corrected chi connectivity index (χ1v) is 9.08. The Morgan fingerprint density at radius 1 is 1.30 bits per heavy atom. The summed E-state index contributed by atoms with van der Waals surface area (Å²) in [6, 6.07) is 5.15. The molecule has 6 nitrogen and oxygen atoms in total. The Labute approximate surface area is 156 Å². The third-order valence-corrected chi connectivity index (χ3v) is 4.83. The molecule has 146 valence electrons. The number of halogens is 2. The van der Waals surface area contributed by atoms with Crippen LogP contribution in [0.3, 0.4) is 0 Å². The zero-order valence-electron chi connectivity index (χ0n) is 15.5. The van der Waals surface area contributed by atoms with Crippen LogP contribution >= 0.6 is 0 Å². The van der Waals surface area contributed by atoms with E-state index in [4.69, 9.17) is 9.26 Å². The Kier molecular flexibility index (Phi) is 6.05. The van der Waals surface area contributed by atoms with Crippen LogP contribution in [0, 0.1) is 11.6 Å². The molecule has 1 saturated heterocycles. The van der Waals surface area contributed by atoms with Crippen molar-refractivity contribution in [2.75, 3.05) is 26.2 Å². The molecule has 27 heavy (non-hydrogen) atoms. The van der Waals surface area contributed by atoms with E-state index in [0.29, 0.717) is 24.9 Å². The van der Waals surface area contributed by atoms with Crippen LogP contribution < -0.4 is 4.74 Å². The lowest BCUT2D eigenvalue weighted by atomic mass is 10.2. The fourth-order valence-electron chi connectivity index (χ4n) is 3.33. The lowest BCUT2D eigenvalue weighted by molar-refractivity contribution is 0.0767. The average molecular weight is 379 g/mol. The van der Waals surface area contributed by atoms with Crippen LogP contribution in [0.5, 0.6) is 5.75 Å². The minimum Gasteiger partial charge on any atom is -0.485 e. The quantitative estimate of drug-likeness (QED) is 0.740. The van der Waals surface area contributed by atoms with E-state index in [9.17, 15) is 13.6 Å². The van der Waals surface area contributed by atoms with Crippen molar-refractivity contribution in [1.82, 2.24) is 15.0 Å². The van der Waals surface area contributed by atoms with Crippen LogP contribution in [-0.4, -0.2) is 53.1 Å². The number of carbonyl (C=O) groups excluding carboxylic acids is 1. The highest BCUT2D eigenvalue weighted by atomic mass is 19.2. The van der Waals surface area contributed by atoms with Gasteiger partial charge in [0.05, 0.1) is 0 Å². The van der Waals surface area contributed by atoms with E-state index in [2.05, 4.69) is 23.9 Å². The zero-order chi connectivity index (χ0) is 19.4. The van der Waals surface area contributed by atoms with Crippen molar-refractivity contribution in [2.45, 2.75) is 32.9 Å². The number of hydrogen-bond donors (Lipinski definition) is 0. The van der Waals surface area contributed by atoms with Gasteiger partial charge in [-0.2, -0.15) is 0 Å². The summed E-state index contributed by atoms with van der Waals surface area (Å²) in [6.07, 6.45) is 0.942. The minimum atomic E-state index is -0.988. The highest BCUT2D eigenvalue weighted by Gasteiger charge is 2.31. The van der Waals surface area contributed by atoms with Gasteiger partial charge >= 0.3 is 0 Å². The van der Waals surface area contributed by atoms with Gasteiger partial charge in [0, 0.05) is 31.3 Å². The SMILES string of the molecule is CCN(CC)C1CCN(C(=O)c2cc(COc3ccc(F)c(F)c3)on2)C1. The molecule has 1 unspecified atom stereocenters. The number of amides is 1. The van der Waals surface area contributed by atoms with Gasteiger partial charge in [-0.05, 0) is 31.6 Å². The molecular weight excluding hydrogens is 356 g/mol. The van der Waals surface area contributed by atoms with Gasteiger partial charge in [-0.25, -0.2) is 8.78 Å². The smallest absolute Gasteiger partial charge is 0.276 e. The van der Waals surface area contributed by atoms with E-state index >= 15 is 0 Å². The van der Waals surface area contributed by atoms with Gasteiger partial charge in [-0.1, -0.05) is 19.0 Å². The zero-order valence-corrected chi connectivity index (χ0v) is 15.5. The summed E-state index contributed by atoms with van der Waals surface area (Å²) >= 11 is 0. The van der Waals surface area contributed by atoms with Gasteiger partial charge in [0.1, 0.15) is 12.4 Å². The third kappa shape index (κ3) is 4.44. The number of nitrogens with zero attached hydrogens (tertiary/aromatic N) is 3. The molecule has 1 amide bonds. The van der Waals surface area contributed by atoms with Crippen LogP contribution in [0.4, 0.5) is 8.78 Å². The Morgan fingerprint density at radius 2 is 2.07 bits per heavy atom. The summed E-state index contributed by atoms with van der Waals surface area (Å²) in [6.45, 7) is 7.47. The molecule has 1 atom stereocenters. The molecule has 1 aliphatic heterocycles. The van der Waals surface area contributed by atoms with Gasteiger partial charge < -0.3 is 14.2 Å². The van der Waals surface area contributed by atoms with E-state index in [1.807, 2.05) is 0 Å². The number of benzene rings is 1. The highest BCUT2D eigenvalue weighted by Crippen LogP contribution is 2.20. The van der Waals surface area contributed by atoms with Crippen LogP contribution in [0.1, 0.15) is 36.5 Å². The number of likely N-dealkylation sites (tertiary alicyclic amines) is 1. The molecule has 3 rings (SSSR count). The van der Waals surface area contributed by atoms with E-state index in [0.717, 1.165) is 31.6 Å². The fourth-order valence-corrected chi connectivity index (χ4v) is 3.33. The van der Waals surface area contributed by atoms with E-state index in [1.165, 1.54) is 12.1 Å². The second kappa shape index (κ2) is 8.47. The molecule has 0 saturated carbocycles. The van der Waals surface area contributed by atoms with Crippen molar-refractivity contribution in [3.8, 4) is 5.75 Å². The largest absolute Gasteiger partial charge is 0.485 e. The number of likely N-dealkylation sites (N-methyl/N-ethyl adjacent to an activating group) is 1. The van der Waals surface area contributed by atoms with Gasteiger partial charge in [0.15, 0.2) is 23.1 Å². The molecule has 1 aromatic carbocycles. The number of rotatable bonds is 7. The lowest BCUT2D eigenvalue weighted by Crippen LogP contribution is -2.38. The maximum absolute atomic E-state index is 13.2. The number of hydrogen-bond acceptors (Lipinski definition) is 5. The molecule has 0 aliphatic carbocycles. The Balaban J connectivity index is 1.57. The molecule has 0 bridgehead atoms. The van der Waals surface area contributed by atoms with Gasteiger partial charge in [-0.3, -0.25) is 9.69 Å². The van der Waals surface area contributed by atoms with E-state index in [-0.39, 0.29) is 24.0 Å². The molecule has 0 N–H and O–H groups in total. The summed E-state index contributed by atoms with van der Waals surface area (Å²) in [5, 5.41) is 3.82. The first-order valence-electron chi connectivity index (χ1n) is 9.08. The summed E-state index contributed by atoms with van der Waals surface area (Å²) in [5.74, 6) is -1.60. The highest BCUT2D eigenvalue weighted by molar-refractivity contribution is 5.92. The van der Waals surface area contributed by atoms with Gasteiger partial charge in [0.2, 0.25) is 0 Å². The molecule has 0 radical (unpaired) electrons. The van der Waals surface area contributed by atoms with Gasteiger partial charge in [-0.15, -0.1) is 0 Å². The van der Waals surface area contributed by atoms with Crippen molar-refractivity contribution in [2.24, 2.45) is 0 Å². The number of aromatic nitrogens is 1. The third-order valence-electron chi connectivity index (χ3n) is 4.83. The second-order valence-corrected chi connectivity index (χ2v) is 6.46. The molecule has 0 spiro atoms. The fraction of sp³-hybridized carbons (Fsp3) is 0.474. The molecule has 1 aliphatic rings. The molecule has 2 aromatic rings. The number of carbonyl (C=O) groups is 1. The van der Waals surface area contributed by atoms with Crippen LogP contribution in [0.15, 0.2) is 28.8 Å². The molecule has 1 fully saturated rings. The predicted molar refractivity (Wildman–Crippen MR) is 94.4 cm³/mol. The normalized spacial score (nSPS) is 16.9. The predicted octanol–water partition coefficient (Wildman–Crippen LogP) is 3.09. The summed E-state index contributed by atoms with van der Waals surface area (Å²) in [5.41, 5.74) is 0.221. The van der Waals surface area contributed by atoms with Crippen molar-refractivity contribution in [1.29, 1.82) is 0 Å².